The Balaban J connectivity index is 1.89. The number of hydrogen-bond acceptors (Lipinski definition) is 2. The van der Waals surface area contributed by atoms with Crippen molar-refractivity contribution in [2.45, 2.75) is 19.3 Å². The van der Waals surface area contributed by atoms with Gasteiger partial charge in [-0.2, -0.15) is 0 Å². The maximum Gasteiger partial charge on any atom is 0.110 e. The summed E-state index contributed by atoms with van der Waals surface area (Å²) >= 11 is 0. The number of nitrogens with two attached hydrogens (primary N) is 1. The average Bonchev–Trinajstić information content (AvgIpc) is 2.77. The van der Waals surface area contributed by atoms with E-state index in [4.69, 9.17) is 10.7 Å². The molecule has 0 aliphatic carbocycles. The van der Waals surface area contributed by atoms with E-state index in [2.05, 4.69) is 48.9 Å². The molecule has 20 heavy (non-hydrogen) atoms. The van der Waals surface area contributed by atoms with Gasteiger partial charge < -0.3 is 10.3 Å². The number of hydrogen-bond donors (Lipinski definition) is 1. The van der Waals surface area contributed by atoms with Gasteiger partial charge in [0.15, 0.2) is 0 Å². The average molecular weight is 265 g/mol. The van der Waals surface area contributed by atoms with Gasteiger partial charge in [0, 0.05) is 19.2 Å². The highest BCUT2D eigenvalue weighted by atomic mass is 15.1. The van der Waals surface area contributed by atoms with E-state index in [-0.39, 0.29) is 0 Å². The Morgan fingerprint density at radius 1 is 1.10 bits per heavy atom. The summed E-state index contributed by atoms with van der Waals surface area (Å²) < 4.78 is 2.18. The third kappa shape index (κ3) is 2.27. The summed E-state index contributed by atoms with van der Waals surface area (Å²) in [4.78, 5) is 4.73. The van der Waals surface area contributed by atoms with Crippen LogP contribution < -0.4 is 5.73 Å². The van der Waals surface area contributed by atoms with Crippen LogP contribution in [0.2, 0.25) is 0 Å². The topological polar surface area (TPSA) is 43.8 Å². The first-order valence-corrected chi connectivity index (χ1v) is 6.91. The molecule has 1 aromatic heterocycles. The smallest absolute Gasteiger partial charge is 0.110 e. The van der Waals surface area contributed by atoms with Crippen molar-refractivity contribution in [2.24, 2.45) is 7.05 Å². The molecule has 0 amide bonds. The molecule has 1 unspecified atom stereocenters. The lowest BCUT2D eigenvalue weighted by atomic mass is 9.97. The van der Waals surface area contributed by atoms with E-state index in [0.29, 0.717) is 5.92 Å². The van der Waals surface area contributed by atoms with Crippen LogP contribution in [0, 0.1) is 0 Å². The van der Waals surface area contributed by atoms with Crippen LogP contribution in [0.15, 0.2) is 48.5 Å². The van der Waals surface area contributed by atoms with E-state index in [0.717, 1.165) is 23.4 Å². The molecule has 3 rings (SSSR count). The maximum atomic E-state index is 5.74. The number of anilines is 1. The van der Waals surface area contributed by atoms with Crippen LogP contribution in [-0.2, 0) is 13.5 Å². The number of aromatic nitrogens is 2. The lowest BCUT2D eigenvalue weighted by Gasteiger charge is -2.12. The van der Waals surface area contributed by atoms with Crippen molar-refractivity contribution in [2.75, 3.05) is 5.73 Å². The number of nitrogen functional groups attached to an aromatic ring is 1. The molecule has 0 saturated carbocycles. The molecule has 3 aromatic rings. The molecule has 0 fully saturated rings. The predicted molar refractivity (Wildman–Crippen MR) is 83.7 cm³/mol. The molecule has 2 N–H and O–H groups in total. The zero-order valence-corrected chi connectivity index (χ0v) is 11.9. The summed E-state index contributed by atoms with van der Waals surface area (Å²) in [6.45, 7) is 2.23. The summed E-state index contributed by atoms with van der Waals surface area (Å²) in [5.41, 5.74) is 10.1. The van der Waals surface area contributed by atoms with E-state index < -0.39 is 0 Å². The number of aryl methyl sites for hydroxylation is 1. The second-order valence-corrected chi connectivity index (χ2v) is 5.35. The van der Waals surface area contributed by atoms with Gasteiger partial charge in [0.2, 0.25) is 0 Å². The summed E-state index contributed by atoms with van der Waals surface area (Å²) in [5, 5.41) is 0. The highest BCUT2D eigenvalue weighted by Crippen LogP contribution is 2.23. The predicted octanol–water partition coefficient (Wildman–Crippen LogP) is 3.50. The van der Waals surface area contributed by atoms with Gasteiger partial charge in [-0.3, -0.25) is 0 Å². The quantitative estimate of drug-likeness (QED) is 0.737. The first kappa shape index (κ1) is 12.7. The van der Waals surface area contributed by atoms with Crippen LogP contribution >= 0.6 is 0 Å². The fourth-order valence-corrected chi connectivity index (χ4v) is 2.59. The van der Waals surface area contributed by atoms with E-state index in [1.165, 1.54) is 11.1 Å². The van der Waals surface area contributed by atoms with Crippen LogP contribution in [0.3, 0.4) is 0 Å². The summed E-state index contributed by atoms with van der Waals surface area (Å²) in [6, 6.07) is 16.4. The largest absolute Gasteiger partial charge is 0.399 e. The van der Waals surface area contributed by atoms with E-state index in [9.17, 15) is 0 Å². The Morgan fingerprint density at radius 3 is 2.50 bits per heavy atom. The van der Waals surface area contributed by atoms with E-state index in [1.807, 2.05) is 18.2 Å². The Bertz CT molecular complexity index is 726. The molecule has 3 heteroatoms. The Kier molecular flexibility index (Phi) is 3.18. The van der Waals surface area contributed by atoms with Gasteiger partial charge in [0.05, 0.1) is 11.0 Å². The Labute approximate surface area is 119 Å². The molecule has 0 aliphatic rings. The minimum atomic E-state index is 0.422. The summed E-state index contributed by atoms with van der Waals surface area (Å²) in [7, 11) is 2.08. The molecular formula is C17H19N3. The summed E-state index contributed by atoms with van der Waals surface area (Å²) in [5.74, 6) is 1.54. The lowest BCUT2D eigenvalue weighted by Crippen LogP contribution is -2.04. The number of fused-ring (bicyclic) bond motifs is 1. The second kappa shape index (κ2) is 5.00. The summed E-state index contributed by atoms with van der Waals surface area (Å²) in [6.07, 6.45) is 0.926. The van der Waals surface area contributed by atoms with Gasteiger partial charge >= 0.3 is 0 Å². The van der Waals surface area contributed by atoms with Gasteiger partial charge in [-0.1, -0.05) is 31.2 Å². The standard InChI is InChI=1S/C17H19N3/c1-12(13-7-9-14(18)10-8-13)11-17-19-15-5-3-4-6-16(15)20(17)2/h3-10,12H,11,18H2,1-2H3. The molecular weight excluding hydrogens is 246 g/mol. The SMILES string of the molecule is CC(Cc1nc2ccccc2n1C)c1ccc(N)cc1. The van der Waals surface area contributed by atoms with Gasteiger partial charge in [-0.15, -0.1) is 0 Å². The van der Waals surface area contributed by atoms with Gasteiger partial charge in [-0.25, -0.2) is 4.98 Å². The van der Waals surface area contributed by atoms with Crippen molar-refractivity contribution in [1.82, 2.24) is 9.55 Å². The van der Waals surface area contributed by atoms with Crippen molar-refractivity contribution < 1.29 is 0 Å². The highest BCUT2D eigenvalue weighted by Gasteiger charge is 2.12. The van der Waals surface area contributed by atoms with Crippen molar-refractivity contribution in [3.05, 3.63) is 59.9 Å². The van der Waals surface area contributed by atoms with Crippen molar-refractivity contribution in [1.29, 1.82) is 0 Å². The molecule has 3 nitrogen and oxygen atoms in total. The second-order valence-electron chi connectivity index (χ2n) is 5.35. The van der Waals surface area contributed by atoms with Gasteiger partial charge in [-0.05, 0) is 35.7 Å². The zero-order chi connectivity index (χ0) is 14.1. The first-order chi connectivity index (χ1) is 9.65. The fourth-order valence-electron chi connectivity index (χ4n) is 2.59. The Morgan fingerprint density at radius 2 is 1.80 bits per heavy atom. The van der Waals surface area contributed by atoms with Gasteiger partial charge in [0.1, 0.15) is 5.82 Å². The third-order valence-corrected chi connectivity index (χ3v) is 3.87. The minimum absolute atomic E-state index is 0.422. The number of benzene rings is 2. The molecule has 1 heterocycles. The number of para-hydroxylation sites is 2. The third-order valence-electron chi connectivity index (χ3n) is 3.87. The van der Waals surface area contributed by atoms with E-state index in [1.54, 1.807) is 0 Å². The van der Waals surface area contributed by atoms with Crippen LogP contribution in [0.4, 0.5) is 5.69 Å². The van der Waals surface area contributed by atoms with Crippen molar-refractivity contribution in [3.8, 4) is 0 Å². The van der Waals surface area contributed by atoms with Crippen molar-refractivity contribution in [3.63, 3.8) is 0 Å². The molecule has 102 valence electrons. The molecule has 0 aliphatic heterocycles. The van der Waals surface area contributed by atoms with E-state index >= 15 is 0 Å². The van der Waals surface area contributed by atoms with Crippen molar-refractivity contribution >= 4 is 16.7 Å². The Hall–Kier alpha value is -2.29. The molecule has 1 atom stereocenters. The number of imidazole rings is 1. The van der Waals surface area contributed by atoms with Crippen LogP contribution in [0.25, 0.3) is 11.0 Å². The maximum absolute atomic E-state index is 5.74. The molecule has 0 radical (unpaired) electrons. The molecule has 0 spiro atoms. The molecule has 0 saturated heterocycles. The minimum Gasteiger partial charge on any atom is -0.399 e. The first-order valence-electron chi connectivity index (χ1n) is 6.91. The zero-order valence-electron chi connectivity index (χ0n) is 11.9. The number of nitrogens with zero attached hydrogens (tertiary/aromatic N) is 2. The number of rotatable bonds is 3. The normalized spacial score (nSPS) is 12.7. The van der Waals surface area contributed by atoms with Gasteiger partial charge in [0.25, 0.3) is 0 Å². The molecule has 0 bridgehead atoms. The lowest BCUT2D eigenvalue weighted by molar-refractivity contribution is 0.690. The highest BCUT2D eigenvalue weighted by molar-refractivity contribution is 5.75. The monoisotopic (exact) mass is 265 g/mol. The molecule has 2 aromatic carbocycles. The van der Waals surface area contributed by atoms with Crippen LogP contribution in [0.5, 0.6) is 0 Å². The van der Waals surface area contributed by atoms with Crippen LogP contribution in [0.1, 0.15) is 24.2 Å². The van der Waals surface area contributed by atoms with Crippen LogP contribution in [-0.4, -0.2) is 9.55 Å². The fraction of sp³-hybridized carbons (Fsp3) is 0.235.